The summed E-state index contributed by atoms with van der Waals surface area (Å²) < 4.78 is 5.22. The second-order valence-corrected chi connectivity index (χ2v) is 5.60. The van der Waals surface area contributed by atoms with Gasteiger partial charge in [-0.25, -0.2) is 0 Å². The summed E-state index contributed by atoms with van der Waals surface area (Å²) in [5.74, 6) is 0.149. The first-order valence-electron chi connectivity index (χ1n) is 7.22. The van der Waals surface area contributed by atoms with Crippen LogP contribution in [-0.2, 0) is 0 Å². The van der Waals surface area contributed by atoms with Crippen molar-refractivity contribution in [3.63, 3.8) is 0 Å². The van der Waals surface area contributed by atoms with E-state index in [9.17, 15) is 4.79 Å². The zero-order chi connectivity index (χ0) is 14.8. The third-order valence-corrected chi connectivity index (χ3v) is 3.81. The second-order valence-electron chi connectivity index (χ2n) is 5.60. The van der Waals surface area contributed by atoms with Gasteiger partial charge in [-0.2, -0.15) is 0 Å². The molecule has 6 heteroatoms. The zero-order valence-electron chi connectivity index (χ0n) is 12.5. The van der Waals surface area contributed by atoms with Crippen molar-refractivity contribution in [1.29, 1.82) is 0 Å². The summed E-state index contributed by atoms with van der Waals surface area (Å²) in [7, 11) is 0. The van der Waals surface area contributed by atoms with E-state index in [1.807, 2.05) is 31.2 Å². The van der Waals surface area contributed by atoms with Gasteiger partial charge in [-0.05, 0) is 19.8 Å². The molecular weight excluding hydrogens is 302 g/mol. The number of hydrogen-bond acceptors (Lipinski definition) is 4. The van der Waals surface area contributed by atoms with Crippen LogP contribution in [0.3, 0.4) is 0 Å². The van der Waals surface area contributed by atoms with Crippen LogP contribution in [0.1, 0.15) is 29.0 Å². The number of amides is 1. The summed E-state index contributed by atoms with van der Waals surface area (Å²) in [4.78, 5) is 14.1. The van der Waals surface area contributed by atoms with Crippen LogP contribution in [0.5, 0.6) is 0 Å². The number of hydrogen-bond donors (Lipinski definition) is 1. The van der Waals surface area contributed by atoms with E-state index in [-0.39, 0.29) is 30.1 Å². The predicted octanol–water partition coefficient (Wildman–Crippen LogP) is 2.64. The van der Waals surface area contributed by atoms with Crippen LogP contribution < -0.4 is 5.73 Å². The highest BCUT2D eigenvalue weighted by Crippen LogP contribution is 2.21. The number of benzene rings is 1. The van der Waals surface area contributed by atoms with Crippen LogP contribution in [0, 0.1) is 6.92 Å². The van der Waals surface area contributed by atoms with Crippen molar-refractivity contribution in [2.45, 2.75) is 25.8 Å². The molecule has 1 aromatic carbocycles. The van der Waals surface area contributed by atoms with Gasteiger partial charge in [0.15, 0.2) is 0 Å². The van der Waals surface area contributed by atoms with Crippen molar-refractivity contribution in [3.05, 3.63) is 41.7 Å². The number of nitrogens with two attached hydrogens (primary N) is 1. The fraction of sp³-hybridized carbons (Fsp3) is 0.375. The molecule has 2 N–H and O–H groups in total. The molecule has 1 fully saturated rings. The van der Waals surface area contributed by atoms with Crippen LogP contribution in [0.25, 0.3) is 11.3 Å². The van der Waals surface area contributed by atoms with Crippen molar-refractivity contribution < 1.29 is 9.32 Å². The molecule has 2 heterocycles. The smallest absolute Gasteiger partial charge is 0.292 e. The average molecular weight is 322 g/mol. The quantitative estimate of drug-likeness (QED) is 0.923. The standard InChI is InChI=1S/C16H19N3O2.ClH/c1-11-4-6-12(7-5-11)14-9-15(21-18-14)16(20)19-8-2-3-13(17)10-19;/h4-7,9,13H,2-3,8,10,17H2,1H3;1H. The molecule has 1 atom stereocenters. The van der Waals surface area contributed by atoms with E-state index < -0.39 is 0 Å². The first-order valence-corrected chi connectivity index (χ1v) is 7.22. The predicted molar refractivity (Wildman–Crippen MR) is 87.0 cm³/mol. The van der Waals surface area contributed by atoms with Crippen molar-refractivity contribution in [2.24, 2.45) is 5.73 Å². The number of nitrogens with zero attached hydrogens (tertiary/aromatic N) is 2. The number of aryl methyl sites for hydroxylation is 1. The van der Waals surface area contributed by atoms with Gasteiger partial charge in [0.2, 0.25) is 5.76 Å². The van der Waals surface area contributed by atoms with Gasteiger partial charge in [-0.1, -0.05) is 35.0 Å². The molecule has 118 valence electrons. The highest BCUT2D eigenvalue weighted by atomic mass is 35.5. The van der Waals surface area contributed by atoms with Crippen molar-refractivity contribution in [3.8, 4) is 11.3 Å². The Balaban J connectivity index is 0.00000176. The van der Waals surface area contributed by atoms with Crippen LogP contribution in [-0.4, -0.2) is 35.1 Å². The maximum atomic E-state index is 12.4. The molecule has 1 amide bonds. The largest absolute Gasteiger partial charge is 0.350 e. The number of carbonyl (C=O) groups excluding carboxylic acids is 1. The third-order valence-electron chi connectivity index (χ3n) is 3.81. The first kappa shape index (κ1) is 16.5. The molecule has 0 radical (unpaired) electrons. The topological polar surface area (TPSA) is 72.4 Å². The maximum Gasteiger partial charge on any atom is 0.292 e. The van der Waals surface area contributed by atoms with Crippen LogP contribution in [0.15, 0.2) is 34.9 Å². The van der Waals surface area contributed by atoms with E-state index in [0.717, 1.165) is 24.9 Å². The highest BCUT2D eigenvalue weighted by molar-refractivity contribution is 5.92. The van der Waals surface area contributed by atoms with Gasteiger partial charge in [0.1, 0.15) is 5.69 Å². The van der Waals surface area contributed by atoms with Gasteiger partial charge in [0.25, 0.3) is 5.91 Å². The molecule has 2 aromatic rings. The van der Waals surface area contributed by atoms with Gasteiger partial charge in [-0.15, -0.1) is 12.4 Å². The molecule has 1 aliphatic rings. The Labute approximate surface area is 135 Å². The zero-order valence-corrected chi connectivity index (χ0v) is 13.3. The summed E-state index contributed by atoms with van der Waals surface area (Å²) in [5.41, 5.74) is 8.72. The van der Waals surface area contributed by atoms with Gasteiger partial charge in [0, 0.05) is 30.8 Å². The van der Waals surface area contributed by atoms with Gasteiger partial charge in [-0.3, -0.25) is 4.79 Å². The Bertz CT molecular complexity index is 639. The number of likely N-dealkylation sites (tertiary alicyclic amines) is 1. The Morgan fingerprint density at radius 3 is 2.77 bits per heavy atom. The number of rotatable bonds is 2. The van der Waals surface area contributed by atoms with Crippen molar-refractivity contribution in [2.75, 3.05) is 13.1 Å². The van der Waals surface area contributed by atoms with Crippen LogP contribution in [0.4, 0.5) is 0 Å². The monoisotopic (exact) mass is 321 g/mol. The summed E-state index contributed by atoms with van der Waals surface area (Å²) in [6, 6.07) is 9.72. The normalized spacial score (nSPS) is 17.9. The molecule has 1 aliphatic heterocycles. The van der Waals surface area contributed by atoms with E-state index in [4.69, 9.17) is 10.3 Å². The van der Waals surface area contributed by atoms with Gasteiger partial charge < -0.3 is 15.2 Å². The average Bonchev–Trinajstić information content (AvgIpc) is 2.97. The molecule has 0 spiro atoms. The first-order chi connectivity index (χ1) is 10.1. The molecule has 1 saturated heterocycles. The molecule has 22 heavy (non-hydrogen) atoms. The highest BCUT2D eigenvalue weighted by Gasteiger charge is 2.25. The summed E-state index contributed by atoms with van der Waals surface area (Å²) >= 11 is 0. The lowest BCUT2D eigenvalue weighted by atomic mass is 10.1. The number of aromatic nitrogens is 1. The Hall–Kier alpha value is -1.85. The van der Waals surface area contributed by atoms with Crippen LogP contribution >= 0.6 is 12.4 Å². The SMILES string of the molecule is Cc1ccc(-c2cc(C(=O)N3CCCC(N)C3)on2)cc1.Cl. The van der Waals surface area contributed by atoms with E-state index in [1.165, 1.54) is 5.56 Å². The van der Waals surface area contributed by atoms with E-state index in [2.05, 4.69) is 5.16 Å². The lowest BCUT2D eigenvalue weighted by Crippen LogP contribution is -2.45. The van der Waals surface area contributed by atoms with Crippen molar-refractivity contribution in [1.82, 2.24) is 10.1 Å². The third kappa shape index (κ3) is 3.48. The molecule has 0 aliphatic carbocycles. The molecule has 1 aromatic heterocycles. The van der Waals surface area contributed by atoms with Crippen molar-refractivity contribution >= 4 is 18.3 Å². The number of carbonyl (C=O) groups is 1. The van der Waals surface area contributed by atoms with Gasteiger partial charge >= 0.3 is 0 Å². The Morgan fingerprint density at radius 2 is 2.09 bits per heavy atom. The minimum Gasteiger partial charge on any atom is -0.350 e. The van der Waals surface area contributed by atoms with E-state index in [1.54, 1.807) is 11.0 Å². The second kappa shape index (κ2) is 6.94. The fourth-order valence-electron chi connectivity index (χ4n) is 2.59. The molecule has 3 rings (SSSR count). The number of piperidine rings is 1. The number of halogens is 1. The molecular formula is C16H20ClN3O2. The molecule has 0 bridgehead atoms. The summed E-state index contributed by atoms with van der Waals surface area (Å²) in [6.45, 7) is 3.34. The minimum absolute atomic E-state index is 0. The molecule has 5 nitrogen and oxygen atoms in total. The summed E-state index contributed by atoms with van der Waals surface area (Å²) in [5, 5.41) is 4.00. The summed E-state index contributed by atoms with van der Waals surface area (Å²) in [6.07, 6.45) is 1.90. The lowest BCUT2D eigenvalue weighted by molar-refractivity contribution is 0.0667. The maximum absolute atomic E-state index is 12.4. The Morgan fingerprint density at radius 1 is 1.36 bits per heavy atom. The molecule has 1 unspecified atom stereocenters. The lowest BCUT2D eigenvalue weighted by Gasteiger charge is -2.29. The van der Waals surface area contributed by atoms with E-state index >= 15 is 0 Å². The Kier molecular flexibility index (Phi) is 5.21. The van der Waals surface area contributed by atoms with E-state index in [0.29, 0.717) is 12.2 Å². The molecule has 0 saturated carbocycles. The van der Waals surface area contributed by atoms with Crippen LogP contribution in [0.2, 0.25) is 0 Å². The fourth-order valence-corrected chi connectivity index (χ4v) is 2.59. The minimum atomic E-state index is -0.129. The van der Waals surface area contributed by atoms with Gasteiger partial charge in [0.05, 0.1) is 0 Å².